The van der Waals surface area contributed by atoms with Gasteiger partial charge in [-0.2, -0.15) is 0 Å². The van der Waals surface area contributed by atoms with E-state index in [0.29, 0.717) is 11.3 Å². The highest BCUT2D eigenvalue weighted by Crippen LogP contribution is 2.42. The van der Waals surface area contributed by atoms with E-state index in [-0.39, 0.29) is 33.8 Å². The molecule has 3 heterocycles. The molecule has 5 rings (SSSR count). The Morgan fingerprint density at radius 1 is 0.864 bits per heavy atom. The summed E-state index contributed by atoms with van der Waals surface area (Å²) in [5.41, 5.74) is 0.0767. The number of rotatable bonds is 9. The molecule has 44 heavy (non-hydrogen) atoms. The average Bonchev–Trinajstić information content (AvgIpc) is 3.04. The summed E-state index contributed by atoms with van der Waals surface area (Å²) in [5.74, 6) is 0.593. The highest BCUT2D eigenvalue weighted by molar-refractivity contribution is 5.93. The molecule has 1 aromatic heterocycles. The van der Waals surface area contributed by atoms with Crippen molar-refractivity contribution in [3.8, 4) is 34.1 Å². The molecule has 3 aromatic rings. The lowest BCUT2D eigenvalue weighted by Gasteiger charge is -2.44. The topological polar surface area (TPSA) is 216 Å². The molecule has 0 radical (unpaired) electrons. The lowest BCUT2D eigenvalue weighted by atomic mass is 9.98. The third kappa shape index (κ3) is 5.81. The number of fused-ring (bicyclic) bond motifs is 1. The maximum absolute atomic E-state index is 14.0. The Hall–Kier alpha value is -3.51. The van der Waals surface area contributed by atoms with Gasteiger partial charge in [-0.3, -0.25) is 4.79 Å². The predicted octanol–water partition coefficient (Wildman–Crippen LogP) is -0.872. The van der Waals surface area contributed by atoms with Crippen LogP contribution in [0.3, 0.4) is 0 Å². The van der Waals surface area contributed by atoms with Gasteiger partial charge in [0.1, 0.15) is 59.8 Å². The summed E-state index contributed by atoms with van der Waals surface area (Å²) in [6.07, 6.45) is -13.2. The first-order valence-corrected chi connectivity index (χ1v) is 13.6. The summed E-state index contributed by atoms with van der Waals surface area (Å²) < 4.78 is 44.9. The number of aliphatic hydroxyl groups excluding tert-OH is 6. The lowest BCUT2D eigenvalue weighted by Crippen LogP contribution is -2.63. The molecule has 0 unspecified atom stereocenters. The monoisotopic (exact) mass is 622 g/mol. The molecule has 9 atom stereocenters. The van der Waals surface area contributed by atoms with Gasteiger partial charge in [0.2, 0.25) is 17.5 Å². The molecule has 2 aromatic carbocycles. The molecule has 15 heteroatoms. The smallest absolute Gasteiger partial charge is 0.229 e. The third-order valence-electron chi connectivity index (χ3n) is 7.57. The molecule has 15 nitrogen and oxygen atoms in total. The fourth-order valence-corrected chi connectivity index (χ4v) is 5.11. The molecule has 6 N–H and O–H groups in total. The second-order valence-corrected chi connectivity index (χ2v) is 10.2. The van der Waals surface area contributed by atoms with Crippen LogP contribution >= 0.6 is 0 Å². The Kier molecular flexibility index (Phi) is 9.59. The first-order valence-electron chi connectivity index (χ1n) is 13.6. The molecule has 2 saturated heterocycles. The normalized spacial score (nSPS) is 30.6. The number of benzene rings is 2. The van der Waals surface area contributed by atoms with Crippen LogP contribution in [0.25, 0.3) is 22.1 Å². The van der Waals surface area contributed by atoms with E-state index < -0.39 is 74.0 Å². The van der Waals surface area contributed by atoms with Crippen molar-refractivity contribution in [2.75, 3.05) is 34.5 Å². The van der Waals surface area contributed by atoms with Crippen LogP contribution in [0.2, 0.25) is 0 Å². The van der Waals surface area contributed by atoms with Crippen LogP contribution in [0.4, 0.5) is 0 Å². The van der Waals surface area contributed by atoms with E-state index in [9.17, 15) is 35.4 Å². The van der Waals surface area contributed by atoms with Crippen LogP contribution < -0.4 is 24.4 Å². The number of ether oxygens (including phenoxy) is 7. The Labute approximate surface area is 250 Å². The Bertz CT molecular complexity index is 1490. The molecular weight excluding hydrogens is 588 g/mol. The zero-order valence-corrected chi connectivity index (χ0v) is 23.9. The summed E-state index contributed by atoms with van der Waals surface area (Å²) in [6, 6.07) is 7.99. The zero-order valence-electron chi connectivity index (χ0n) is 23.9. The molecule has 2 aliphatic rings. The van der Waals surface area contributed by atoms with Crippen molar-refractivity contribution >= 4 is 11.0 Å². The van der Waals surface area contributed by atoms with Crippen molar-refractivity contribution in [1.82, 2.24) is 0 Å². The van der Waals surface area contributed by atoms with E-state index in [1.807, 2.05) is 0 Å². The molecule has 0 saturated carbocycles. The Morgan fingerprint density at radius 3 is 2.23 bits per heavy atom. The van der Waals surface area contributed by atoms with Gasteiger partial charge in [0.05, 0.1) is 40.1 Å². The second kappa shape index (κ2) is 13.2. The largest absolute Gasteiger partial charge is 0.497 e. The highest BCUT2D eigenvalue weighted by atomic mass is 16.8. The van der Waals surface area contributed by atoms with Crippen molar-refractivity contribution in [2.24, 2.45) is 0 Å². The fourth-order valence-electron chi connectivity index (χ4n) is 5.11. The third-order valence-corrected chi connectivity index (χ3v) is 7.57. The molecule has 2 aliphatic heterocycles. The summed E-state index contributed by atoms with van der Waals surface area (Å²) in [7, 11) is 4.22. The molecule has 0 amide bonds. The number of methoxy groups -OCH3 is 3. The van der Waals surface area contributed by atoms with Crippen LogP contribution in [0.15, 0.2) is 45.8 Å². The van der Waals surface area contributed by atoms with Crippen molar-refractivity contribution in [1.29, 1.82) is 0 Å². The van der Waals surface area contributed by atoms with Gasteiger partial charge < -0.3 is 68.2 Å². The lowest BCUT2D eigenvalue weighted by molar-refractivity contribution is -0.344. The first-order chi connectivity index (χ1) is 21.1. The summed E-state index contributed by atoms with van der Waals surface area (Å²) in [4.78, 5) is 14.0. The number of hydrogen-bond donors (Lipinski definition) is 6. The standard InChI is InChI=1S/C29H34O15/c1-37-13-6-4-12(5-7-13)14-10-40-26-19(20(14)32)16(8-17(38-2)25(26)39-3)42-29-27(23(35)22(34)18(9-30)43-29)44-28-24(36)21(33)15(31)11-41-28/h4-8,10,15,18,21-24,27-31,33-36H,9,11H2,1-3H3/t15-,18+,21-,22+,23-,24+,27+,28+,29+/m1/s1. The van der Waals surface area contributed by atoms with Gasteiger partial charge in [-0.25, -0.2) is 0 Å². The highest BCUT2D eigenvalue weighted by Gasteiger charge is 2.50. The number of aliphatic hydroxyl groups is 6. The van der Waals surface area contributed by atoms with Crippen LogP contribution in [-0.2, 0) is 14.2 Å². The predicted molar refractivity (Wildman–Crippen MR) is 149 cm³/mol. The van der Waals surface area contributed by atoms with Gasteiger partial charge >= 0.3 is 0 Å². The maximum atomic E-state index is 14.0. The van der Waals surface area contributed by atoms with Gasteiger partial charge in [-0.05, 0) is 17.7 Å². The minimum atomic E-state index is -1.77. The van der Waals surface area contributed by atoms with E-state index in [1.165, 1.54) is 33.7 Å². The minimum absolute atomic E-state index is 0.0418. The van der Waals surface area contributed by atoms with Gasteiger partial charge in [-0.15, -0.1) is 0 Å². The van der Waals surface area contributed by atoms with Crippen LogP contribution in [0, 0.1) is 0 Å². The van der Waals surface area contributed by atoms with Crippen LogP contribution in [0.5, 0.6) is 23.0 Å². The van der Waals surface area contributed by atoms with E-state index >= 15 is 0 Å². The quantitative estimate of drug-likeness (QED) is 0.171. The zero-order chi connectivity index (χ0) is 31.7. The van der Waals surface area contributed by atoms with Gasteiger partial charge in [-0.1, -0.05) is 12.1 Å². The molecule has 0 spiro atoms. The van der Waals surface area contributed by atoms with Crippen LogP contribution in [-0.4, -0.2) is 120 Å². The van der Waals surface area contributed by atoms with E-state index in [4.69, 9.17) is 37.6 Å². The molecule has 2 fully saturated rings. The van der Waals surface area contributed by atoms with Crippen LogP contribution in [0.1, 0.15) is 0 Å². The van der Waals surface area contributed by atoms with E-state index in [0.717, 1.165) is 0 Å². The first kappa shape index (κ1) is 31.9. The summed E-state index contributed by atoms with van der Waals surface area (Å²) in [6.45, 7) is -1.13. The van der Waals surface area contributed by atoms with Crippen molar-refractivity contribution in [3.63, 3.8) is 0 Å². The van der Waals surface area contributed by atoms with Crippen molar-refractivity contribution in [2.45, 2.75) is 55.3 Å². The average molecular weight is 623 g/mol. The van der Waals surface area contributed by atoms with E-state index in [1.54, 1.807) is 24.3 Å². The molecule has 240 valence electrons. The minimum Gasteiger partial charge on any atom is -0.497 e. The summed E-state index contributed by atoms with van der Waals surface area (Å²) in [5, 5.41) is 61.6. The Morgan fingerprint density at radius 2 is 1.59 bits per heavy atom. The maximum Gasteiger partial charge on any atom is 0.229 e. The SMILES string of the molecule is COc1ccc(-c2coc3c(OC)c(OC)cc(O[C@H]4O[C@@H](CO)[C@H](O)[C@@H](O)[C@@H]4O[C@@H]4OC[C@@H](O)[C@@H](O)[C@@H]4O)c3c2=O)cc1. The van der Waals surface area contributed by atoms with Gasteiger partial charge in [0, 0.05) is 6.07 Å². The van der Waals surface area contributed by atoms with E-state index in [2.05, 4.69) is 0 Å². The van der Waals surface area contributed by atoms with Crippen molar-refractivity contribution in [3.05, 3.63) is 46.8 Å². The molecule has 0 aliphatic carbocycles. The fraction of sp³-hybridized carbons (Fsp3) is 0.483. The van der Waals surface area contributed by atoms with Crippen molar-refractivity contribution < 1.29 is 68.2 Å². The Balaban J connectivity index is 1.60. The van der Waals surface area contributed by atoms with Gasteiger partial charge in [0.15, 0.2) is 23.7 Å². The summed E-state index contributed by atoms with van der Waals surface area (Å²) >= 11 is 0. The second-order valence-electron chi connectivity index (χ2n) is 10.2. The van der Waals surface area contributed by atoms with Gasteiger partial charge in [0.25, 0.3) is 0 Å². The molecular formula is C29H34O15. The number of hydrogen-bond acceptors (Lipinski definition) is 15. The molecule has 0 bridgehead atoms.